The van der Waals surface area contributed by atoms with Crippen LogP contribution in [0.4, 0.5) is 0 Å². The Bertz CT molecular complexity index is 61.3. The Labute approximate surface area is 51.7 Å². The molecule has 0 bridgehead atoms. The highest BCUT2D eigenvalue weighted by Gasteiger charge is 2.17. The SMILES string of the molecule is CC(CO)C(C)(C)C. The first-order chi connectivity index (χ1) is 3.48. The zero-order chi connectivity index (χ0) is 6.78. The molecule has 0 spiro atoms. The van der Waals surface area contributed by atoms with Gasteiger partial charge in [-0.05, 0) is 11.3 Å². The first kappa shape index (κ1) is 7.96. The summed E-state index contributed by atoms with van der Waals surface area (Å²) in [5.41, 5.74) is 0.259. The fraction of sp³-hybridized carbons (Fsp3) is 1.00. The van der Waals surface area contributed by atoms with E-state index in [1.165, 1.54) is 0 Å². The molecule has 0 aromatic carbocycles. The molecule has 0 saturated carbocycles. The third-order valence-corrected chi connectivity index (χ3v) is 1.75. The topological polar surface area (TPSA) is 20.2 Å². The van der Waals surface area contributed by atoms with Gasteiger partial charge in [-0.2, -0.15) is 0 Å². The molecule has 8 heavy (non-hydrogen) atoms. The summed E-state index contributed by atoms with van der Waals surface area (Å²) < 4.78 is 0. The third kappa shape index (κ3) is 2.31. The van der Waals surface area contributed by atoms with E-state index in [1.807, 2.05) is 0 Å². The van der Waals surface area contributed by atoms with Crippen LogP contribution in [0.25, 0.3) is 0 Å². The molecule has 0 rings (SSSR count). The predicted molar refractivity (Wildman–Crippen MR) is 35.7 cm³/mol. The molecule has 0 fully saturated rings. The van der Waals surface area contributed by atoms with Gasteiger partial charge in [0.1, 0.15) is 0 Å². The van der Waals surface area contributed by atoms with Crippen molar-refractivity contribution in [3.63, 3.8) is 0 Å². The quantitative estimate of drug-likeness (QED) is 0.552. The molecular weight excluding hydrogens is 100 g/mol. The Balaban J connectivity index is 3.62. The Morgan fingerprint density at radius 3 is 1.75 bits per heavy atom. The fourth-order valence-electron chi connectivity index (χ4n) is 0.274. The molecule has 0 aliphatic carbocycles. The molecule has 1 nitrogen and oxygen atoms in total. The number of hydrogen-bond donors (Lipinski definition) is 1. The largest absolute Gasteiger partial charge is 0.396 e. The maximum Gasteiger partial charge on any atom is 0.0461 e. The summed E-state index contributed by atoms with van der Waals surface area (Å²) in [6, 6.07) is 0. The van der Waals surface area contributed by atoms with Crippen molar-refractivity contribution in [3.8, 4) is 0 Å². The van der Waals surface area contributed by atoms with Gasteiger partial charge in [0.15, 0.2) is 0 Å². The second-order valence-electron chi connectivity index (χ2n) is 3.45. The van der Waals surface area contributed by atoms with E-state index in [4.69, 9.17) is 5.11 Å². The number of aliphatic hydroxyl groups excluding tert-OH is 1. The van der Waals surface area contributed by atoms with E-state index < -0.39 is 0 Å². The molecule has 1 N–H and O–H groups in total. The van der Waals surface area contributed by atoms with E-state index in [-0.39, 0.29) is 5.41 Å². The third-order valence-electron chi connectivity index (χ3n) is 1.75. The standard InChI is InChI=1S/C7H16O/c1-6(5-8)7(2,3)4/h6,8H,5H2,1-4H3. The van der Waals surface area contributed by atoms with Gasteiger partial charge in [0.05, 0.1) is 0 Å². The molecule has 1 unspecified atom stereocenters. The molecule has 0 heterocycles. The van der Waals surface area contributed by atoms with Crippen LogP contribution in [0.15, 0.2) is 0 Å². The minimum Gasteiger partial charge on any atom is -0.396 e. The van der Waals surface area contributed by atoms with Crippen LogP contribution in [0.2, 0.25) is 0 Å². The van der Waals surface area contributed by atoms with Crippen LogP contribution < -0.4 is 0 Å². The molecule has 50 valence electrons. The van der Waals surface area contributed by atoms with Crippen LogP contribution in [0, 0.1) is 11.3 Å². The highest BCUT2D eigenvalue weighted by atomic mass is 16.3. The zero-order valence-corrected chi connectivity index (χ0v) is 6.23. The van der Waals surface area contributed by atoms with Gasteiger partial charge in [-0.3, -0.25) is 0 Å². The first-order valence-corrected chi connectivity index (χ1v) is 3.09. The van der Waals surface area contributed by atoms with Crippen molar-refractivity contribution < 1.29 is 5.11 Å². The summed E-state index contributed by atoms with van der Waals surface area (Å²) in [5, 5.41) is 8.67. The smallest absolute Gasteiger partial charge is 0.0461 e. The summed E-state index contributed by atoms with van der Waals surface area (Å²) in [5.74, 6) is 0.405. The van der Waals surface area contributed by atoms with Gasteiger partial charge in [0, 0.05) is 6.61 Å². The Hall–Kier alpha value is -0.0400. The molecule has 0 amide bonds. The Kier molecular flexibility index (Phi) is 2.48. The summed E-state index contributed by atoms with van der Waals surface area (Å²) in [6.45, 7) is 8.75. The van der Waals surface area contributed by atoms with E-state index >= 15 is 0 Å². The second-order valence-corrected chi connectivity index (χ2v) is 3.45. The molecule has 0 aliphatic rings. The van der Waals surface area contributed by atoms with Crippen LogP contribution in [0.3, 0.4) is 0 Å². The van der Waals surface area contributed by atoms with E-state index in [1.54, 1.807) is 0 Å². The highest BCUT2D eigenvalue weighted by molar-refractivity contribution is 4.67. The van der Waals surface area contributed by atoms with Crippen LogP contribution in [0.1, 0.15) is 27.7 Å². The lowest BCUT2D eigenvalue weighted by molar-refractivity contribution is 0.146. The summed E-state index contributed by atoms with van der Waals surface area (Å²) >= 11 is 0. The Morgan fingerprint density at radius 1 is 1.38 bits per heavy atom. The molecule has 0 aromatic heterocycles. The van der Waals surface area contributed by atoms with Crippen molar-refractivity contribution in [2.75, 3.05) is 6.61 Å². The lowest BCUT2D eigenvalue weighted by atomic mass is 9.83. The number of rotatable bonds is 1. The maximum absolute atomic E-state index is 8.67. The maximum atomic E-state index is 8.67. The van der Waals surface area contributed by atoms with E-state index in [9.17, 15) is 0 Å². The molecule has 0 aromatic rings. The van der Waals surface area contributed by atoms with Crippen LogP contribution >= 0.6 is 0 Å². The average Bonchev–Trinajstić information content (AvgIpc) is 1.62. The Morgan fingerprint density at radius 2 is 1.75 bits per heavy atom. The normalized spacial score (nSPS) is 16.1. The van der Waals surface area contributed by atoms with Gasteiger partial charge in [-0.15, -0.1) is 0 Å². The van der Waals surface area contributed by atoms with Gasteiger partial charge in [0.25, 0.3) is 0 Å². The minimum absolute atomic E-state index is 0.259. The van der Waals surface area contributed by atoms with Gasteiger partial charge in [-0.1, -0.05) is 27.7 Å². The number of aliphatic hydroxyl groups is 1. The molecular formula is C7H16O. The van der Waals surface area contributed by atoms with Crippen LogP contribution in [-0.2, 0) is 0 Å². The molecule has 0 radical (unpaired) electrons. The van der Waals surface area contributed by atoms with Crippen LogP contribution in [-0.4, -0.2) is 11.7 Å². The van der Waals surface area contributed by atoms with Crippen molar-refractivity contribution >= 4 is 0 Å². The summed E-state index contributed by atoms with van der Waals surface area (Å²) in [7, 11) is 0. The average molecular weight is 116 g/mol. The van der Waals surface area contributed by atoms with Gasteiger partial charge < -0.3 is 5.11 Å². The van der Waals surface area contributed by atoms with Gasteiger partial charge >= 0.3 is 0 Å². The predicted octanol–water partition coefficient (Wildman–Crippen LogP) is 1.66. The fourth-order valence-corrected chi connectivity index (χ4v) is 0.274. The van der Waals surface area contributed by atoms with Crippen LogP contribution in [0.5, 0.6) is 0 Å². The van der Waals surface area contributed by atoms with E-state index in [0.29, 0.717) is 12.5 Å². The zero-order valence-electron chi connectivity index (χ0n) is 6.23. The molecule has 1 heteroatoms. The highest BCUT2D eigenvalue weighted by Crippen LogP contribution is 2.23. The molecule has 0 aliphatic heterocycles. The second kappa shape index (κ2) is 2.49. The lowest BCUT2D eigenvalue weighted by Crippen LogP contribution is -2.20. The number of hydrogen-bond acceptors (Lipinski definition) is 1. The van der Waals surface area contributed by atoms with Crippen molar-refractivity contribution in [2.24, 2.45) is 11.3 Å². The van der Waals surface area contributed by atoms with Gasteiger partial charge in [-0.25, -0.2) is 0 Å². The minimum atomic E-state index is 0.259. The van der Waals surface area contributed by atoms with Crippen molar-refractivity contribution in [1.82, 2.24) is 0 Å². The van der Waals surface area contributed by atoms with Gasteiger partial charge in [0.2, 0.25) is 0 Å². The lowest BCUT2D eigenvalue weighted by Gasteiger charge is -2.24. The summed E-state index contributed by atoms with van der Waals surface area (Å²) in [6.07, 6.45) is 0. The molecule has 1 atom stereocenters. The summed E-state index contributed by atoms with van der Waals surface area (Å²) in [4.78, 5) is 0. The van der Waals surface area contributed by atoms with E-state index in [0.717, 1.165) is 0 Å². The van der Waals surface area contributed by atoms with Crippen molar-refractivity contribution in [1.29, 1.82) is 0 Å². The van der Waals surface area contributed by atoms with Crippen molar-refractivity contribution in [3.05, 3.63) is 0 Å². The monoisotopic (exact) mass is 116 g/mol. The first-order valence-electron chi connectivity index (χ1n) is 3.09. The van der Waals surface area contributed by atoms with E-state index in [2.05, 4.69) is 27.7 Å². The molecule has 0 saturated heterocycles. The van der Waals surface area contributed by atoms with Crippen molar-refractivity contribution in [2.45, 2.75) is 27.7 Å².